The largest absolute Gasteiger partial charge is 0.479 e. The number of benzene rings is 1. The van der Waals surface area contributed by atoms with Crippen LogP contribution in [-0.2, 0) is 16.0 Å². The van der Waals surface area contributed by atoms with Crippen LogP contribution >= 0.6 is 0 Å². The van der Waals surface area contributed by atoms with Crippen molar-refractivity contribution in [3.63, 3.8) is 0 Å². The predicted octanol–water partition coefficient (Wildman–Crippen LogP) is 3.25. The number of hydrogen-bond donors (Lipinski definition) is 0. The van der Waals surface area contributed by atoms with E-state index in [4.69, 9.17) is 14.7 Å². The summed E-state index contributed by atoms with van der Waals surface area (Å²) in [4.78, 5) is 11.7. The third kappa shape index (κ3) is 6.79. The van der Waals surface area contributed by atoms with Gasteiger partial charge in [-0.2, -0.15) is 5.26 Å². The first kappa shape index (κ1) is 16.0. The van der Waals surface area contributed by atoms with Gasteiger partial charge in [0.2, 0.25) is 0 Å². The number of rotatable bonds is 9. The Morgan fingerprint density at radius 3 is 2.90 bits per heavy atom. The van der Waals surface area contributed by atoms with E-state index in [0.717, 1.165) is 18.4 Å². The lowest BCUT2D eigenvalue weighted by molar-refractivity contribution is -0.142. The summed E-state index contributed by atoms with van der Waals surface area (Å²) >= 11 is 0. The van der Waals surface area contributed by atoms with Crippen molar-refractivity contribution in [3.8, 4) is 11.8 Å². The number of nitrogens with zero attached hydrogens (tertiary/aromatic N) is 1. The average molecular weight is 275 g/mol. The fraction of sp³-hybridized carbons (Fsp3) is 0.500. The maximum atomic E-state index is 11.7. The van der Waals surface area contributed by atoms with Gasteiger partial charge in [-0.05, 0) is 24.1 Å². The van der Waals surface area contributed by atoms with Gasteiger partial charge in [0, 0.05) is 0 Å². The third-order valence-electron chi connectivity index (χ3n) is 2.81. The van der Waals surface area contributed by atoms with Gasteiger partial charge in [-0.1, -0.05) is 38.3 Å². The van der Waals surface area contributed by atoms with Crippen LogP contribution in [0.1, 0.15) is 38.2 Å². The molecule has 0 atom stereocenters. The quantitative estimate of drug-likeness (QED) is 0.512. The van der Waals surface area contributed by atoms with Crippen LogP contribution in [0.4, 0.5) is 0 Å². The molecular formula is C16H21NO3. The molecule has 1 aromatic carbocycles. The lowest BCUT2D eigenvalue weighted by Gasteiger charge is -2.06. The summed E-state index contributed by atoms with van der Waals surface area (Å²) in [5.74, 6) is 0.374. The molecule has 0 aliphatic carbocycles. The fourth-order valence-electron chi connectivity index (χ4n) is 1.79. The molecule has 0 heterocycles. The number of hydrogen-bond acceptors (Lipinski definition) is 4. The van der Waals surface area contributed by atoms with E-state index in [2.05, 4.69) is 6.92 Å². The molecular weight excluding hydrogens is 254 g/mol. The zero-order valence-corrected chi connectivity index (χ0v) is 11.9. The molecule has 0 aromatic heterocycles. The van der Waals surface area contributed by atoms with E-state index in [0.29, 0.717) is 12.4 Å². The van der Waals surface area contributed by atoms with Crippen molar-refractivity contribution in [1.82, 2.24) is 0 Å². The van der Waals surface area contributed by atoms with Gasteiger partial charge >= 0.3 is 5.97 Å². The van der Waals surface area contributed by atoms with E-state index in [-0.39, 0.29) is 19.0 Å². The summed E-state index contributed by atoms with van der Waals surface area (Å²) in [6.45, 7) is 2.64. The Hall–Kier alpha value is -2.02. The van der Waals surface area contributed by atoms with E-state index in [1.807, 2.05) is 12.1 Å². The smallest absolute Gasteiger partial charge is 0.310 e. The summed E-state index contributed by atoms with van der Waals surface area (Å²) in [7, 11) is 0. The first-order valence-electron chi connectivity index (χ1n) is 7.00. The predicted molar refractivity (Wildman–Crippen MR) is 76.4 cm³/mol. The minimum absolute atomic E-state index is 0.00529. The Labute approximate surface area is 120 Å². The SMILES string of the molecule is CCCCCCOC(=O)Cc1cccc(OCC#N)c1. The van der Waals surface area contributed by atoms with Crippen LogP contribution in [0.3, 0.4) is 0 Å². The lowest BCUT2D eigenvalue weighted by Crippen LogP contribution is -2.09. The average Bonchev–Trinajstić information content (AvgIpc) is 2.45. The van der Waals surface area contributed by atoms with E-state index in [1.165, 1.54) is 12.8 Å². The zero-order valence-electron chi connectivity index (χ0n) is 11.9. The third-order valence-corrected chi connectivity index (χ3v) is 2.81. The normalized spacial score (nSPS) is 9.80. The van der Waals surface area contributed by atoms with Crippen LogP contribution in [0.15, 0.2) is 24.3 Å². The molecule has 0 unspecified atom stereocenters. The molecule has 0 radical (unpaired) electrons. The van der Waals surface area contributed by atoms with E-state index < -0.39 is 0 Å². The fourth-order valence-corrected chi connectivity index (χ4v) is 1.79. The molecule has 20 heavy (non-hydrogen) atoms. The first-order valence-corrected chi connectivity index (χ1v) is 7.00. The molecule has 1 aromatic rings. The molecule has 1 rings (SSSR count). The Balaban J connectivity index is 2.32. The highest BCUT2D eigenvalue weighted by Gasteiger charge is 2.05. The van der Waals surface area contributed by atoms with Gasteiger partial charge in [-0.3, -0.25) is 4.79 Å². The number of carbonyl (C=O) groups excluding carboxylic acids is 1. The Morgan fingerprint density at radius 2 is 2.15 bits per heavy atom. The number of ether oxygens (including phenoxy) is 2. The highest BCUT2D eigenvalue weighted by atomic mass is 16.5. The van der Waals surface area contributed by atoms with Crippen LogP contribution in [-0.4, -0.2) is 19.2 Å². The molecule has 0 aliphatic heterocycles. The minimum Gasteiger partial charge on any atom is -0.479 e. The summed E-state index contributed by atoms with van der Waals surface area (Å²) in [6.07, 6.45) is 4.60. The van der Waals surface area contributed by atoms with Crippen LogP contribution in [0, 0.1) is 11.3 Å². The van der Waals surface area contributed by atoms with Gasteiger partial charge in [-0.25, -0.2) is 0 Å². The molecule has 0 bridgehead atoms. The van der Waals surface area contributed by atoms with Crippen molar-refractivity contribution in [2.75, 3.05) is 13.2 Å². The highest BCUT2D eigenvalue weighted by Crippen LogP contribution is 2.14. The van der Waals surface area contributed by atoms with Gasteiger partial charge in [0.05, 0.1) is 13.0 Å². The van der Waals surface area contributed by atoms with E-state index in [1.54, 1.807) is 18.2 Å². The first-order chi connectivity index (χ1) is 9.76. The number of esters is 1. The molecule has 0 saturated carbocycles. The van der Waals surface area contributed by atoms with Crippen molar-refractivity contribution in [1.29, 1.82) is 5.26 Å². The molecule has 0 saturated heterocycles. The molecule has 0 fully saturated rings. The van der Waals surface area contributed by atoms with Crippen molar-refractivity contribution in [2.24, 2.45) is 0 Å². The maximum absolute atomic E-state index is 11.7. The lowest BCUT2D eigenvalue weighted by atomic mass is 10.1. The van der Waals surface area contributed by atoms with Crippen molar-refractivity contribution < 1.29 is 14.3 Å². The number of nitriles is 1. The van der Waals surface area contributed by atoms with Crippen LogP contribution in [0.5, 0.6) is 5.75 Å². The number of carbonyl (C=O) groups is 1. The molecule has 0 amide bonds. The molecule has 4 nitrogen and oxygen atoms in total. The standard InChI is InChI=1S/C16H21NO3/c1-2-3-4-5-10-20-16(18)13-14-7-6-8-15(12-14)19-11-9-17/h6-8,12H,2-5,10-11,13H2,1H3. The maximum Gasteiger partial charge on any atom is 0.310 e. The molecule has 0 spiro atoms. The number of unbranched alkanes of at least 4 members (excludes halogenated alkanes) is 3. The van der Waals surface area contributed by atoms with Crippen LogP contribution < -0.4 is 4.74 Å². The summed E-state index contributed by atoms with van der Waals surface area (Å²) in [5.41, 5.74) is 0.832. The van der Waals surface area contributed by atoms with Crippen molar-refractivity contribution in [2.45, 2.75) is 39.0 Å². The molecule has 0 aliphatic rings. The minimum atomic E-state index is -0.223. The topological polar surface area (TPSA) is 59.3 Å². The van der Waals surface area contributed by atoms with Crippen molar-refractivity contribution in [3.05, 3.63) is 29.8 Å². The Morgan fingerprint density at radius 1 is 1.30 bits per heavy atom. The Bertz CT molecular complexity index is 451. The van der Waals surface area contributed by atoms with E-state index in [9.17, 15) is 4.79 Å². The van der Waals surface area contributed by atoms with E-state index >= 15 is 0 Å². The van der Waals surface area contributed by atoms with Crippen LogP contribution in [0.2, 0.25) is 0 Å². The van der Waals surface area contributed by atoms with Crippen LogP contribution in [0.25, 0.3) is 0 Å². The van der Waals surface area contributed by atoms with Gasteiger partial charge in [0.15, 0.2) is 6.61 Å². The second-order valence-corrected chi connectivity index (χ2v) is 4.55. The summed E-state index contributed by atoms with van der Waals surface area (Å²) < 4.78 is 10.4. The Kier molecular flexibility index (Phi) is 7.90. The van der Waals surface area contributed by atoms with Crippen molar-refractivity contribution >= 4 is 5.97 Å². The zero-order chi connectivity index (χ0) is 14.6. The van der Waals surface area contributed by atoms with Gasteiger partial charge in [0.25, 0.3) is 0 Å². The second kappa shape index (κ2) is 9.85. The molecule has 0 N–H and O–H groups in total. The van der Waals surface area contributed by atoms with Gasteiger partial charge < -0.3 is 9.47 Å². The van der Waals surface area contributed by atoms with Gasteiger partial charge in [0.1, 0.15) is 11.8 Å². The summed E-state index contributed by atoms with van der Waals surface area (Å²) in [6, 6.07) is 9.07. The molecule has 108 valence electrons. The molecule has 4 heteroatoms. The second-order valence-electron chi connectivity index (χ2n) is 4.55. The highest BCUT2D eigenvalue weighted by molar-refractivity contribution is 5.72. The van der Waals surface area contributed by atoms with Gasteiger partial charge in [-0.15, -0.1) is 0 Å². The summed E-state index contributed by atoms with van der Waals surface area (Å²) in [5, 5.41) is 8.45. The monoisotopic (exact) mass is 275 g/mol.